The number of aliphatic hydroxyl groups is 1. The van der Waals surface area contributed by atoms with Gasteiger partial charge in [-0.3, -0.25) is 4.99 Å². The highest BCUT2D eigenvalue weighted by Crippen LogP contribution is 2.20. The number of hydrogen-bond donors (Lipinski definition) is 3. The van der Waals surface area contributed by atoms with Gasteiger partial charge in [-0.15, -0.1) is 10.2 Å². The zero-order valence-electron chi connectivity index (χ0n) is 17.2. The second-order valence-corrected chi connectivity index (χ2v) is 6.70. The van der Waals surface area contributed by atoms with Crippen molar-refractivity contribution >= 4 is 5.96 Å². The van der Waals surface area contributed by atoms with E-state index in [9.17, 15) is 5.11 Å². The average molecular weight is 389 g/mol. The van der Waals surface area contributed by atoms with Crippen LogP contribution in [0.25, 0.3) is 0 Å². The van der Waals surface area contributed by atoms with Gasteiger partial charge in [-0.2, -0.15) is 0 Å². The summed E-state index contributed by atoms with van der Waals surface area (Å²) in [6.07, 6.45) is 1.98. The Hall–Kier alpha value is -2.61. The summed E-state index contributed by atoms with van der Waals surface area (Å²) in [4.78, 5) is 4.50. The van der Waals surface area contributed by atoms with Crippen LogP contribution in [0.5, 0.6) is 5.75 Å². The first-order valence-electron chi connectivity index (χ1n) is 9.87. The van der Waals surface area contributed by atoms with Crippen molar-refractivity contribution in [3.05, 3.63) is 42.0 Å². The third-order valence-corrected chi connectivity index (χ3v) is 4.04. The Balaban J connectivity index is 1.92. The molecule has 1 aromatic heterocycles. The molecule has 0 bridgehead atoms. The lowest BCUT2D eigenvalue weighted by Gasteiger charge is -2.15. The number of aromatic nitrogens is 3. The molecule has 1 aromatic carbocycles. The van der Waals surface area contributed by atoms with Gasteiger partial charge in [0.15, 0.2) is 5.96 Å². The van der Waals surface area contributed by atoms with Gasteiger partial charge in [0.25, 0.3) is 0 Å². The summed E-state index contributed by atoms with van der Waals surface area (Å²) in [6, 6.07) is 7.51. The summed E-state index contributed by atoms with van der Waals surface area (Å²) in [5.41, 5.74) is 0.787. The average Bonchev–Trinajstić information content (AvgIpc) is 3.13. The molecule has 8 nitrogen and oxygen atoms in total. The number of aliphatic hydroxyl groups excluding tert-OH is 1. The van der Waals surface area contributed by atoms with Crippen molar-refractivity contribution in [2.24, 2.45) is 4.99 Å². The van der Waals surface area contributed by atoms with E-state index in [2.05, 4.69) is 32.7 Å². The van der Waals surface area contributed by atoms with E-state index < -0.39 is 6.10 Å². The molecular weight excluding hydrogens is 356 g/mol. The van der Waals surface area contributed by atoms with E-state index in [1.807, 2.05) is 49.6 Å². The van der Waals surface area contributed by atoms with Gasteiger partial charge in [0.05, 0.1) is 18.8 Å². The second kappa shape index (κ2) is 11.3. The van der Waals surface area contributed by atoms with Crippen LogP contribution in [-0.4, -0.2) is 51.6 Å². The van der Waals surface area contributed by atoms with Crippen molar-refractivity contribution in [1.82, 2.24) is 25.4 Å². The highest BCUT2D eigenvalue weighted by Gasteiger charge is 2.10. The Morgan fingerprint density at radius 2 is 2.11 bits per heavy atom. The van der Waals surface area contributed by atoms with E-state index in [0.29, 0.717) is 12.5 Å². The Bertz CT molecular complexity index is 744. The van der Waals surface area contributed by atoms with Gasteiger partial charge in [0.1, 0.15) is 17.9 Å². The van der Waals surface area contributed by atoms with Crippen LogP contribution in [0, 0.1) is 0 Å². The van der Waals surface area contributed by atoms with E-state index in [1.165, 1.54) is 0 Å². The van der Waals surface area contributed by atoms with Crippen LogP contribution in [0.4, 0.5) is 0 Å². The van der Waals surface area contributed by atoms with Gasteiger partial charge < -0.3 is 25.0 Å². The van der Waals surface area contributed by atoms with Crippen LogP contribution in [0.3, 0.4) is 0 Å². The Kier molecular flexibility index (Phi) is 8.74. The van der Waals surface area contributed by atoms with E-state index in [4.69, 9.17) is 4.74 Å². The van der Waals surface area contributed by atoms with Crippen molar-refractivity contribution in [3.8, 4) is 5.75 Å². The normalized spacial score (nSPS) is 12.9. The van der Waals surface area contributed by atoms with E-state index >= 15 is 0 Å². The van der Waals surface area contributed by atoms with Gasteiger partial charge in [0, 0.05) is 26.1 Å². The zero-order chi connectivity index (χ0) is 20.4. The second-order valence-electron chi connectivity index (χ2n) is 6.70. The molecule has 154 valence electrons. The predicted molar refractivity (Wildman–Crippen MR) is 111 cm³/mol. The van der Waals surface area contributed by atoms with Gasteiger partial charge in [-0.1, -0.05) is 19.1 Å². The number of nitrogens with zero attached hydrogens (tertiary/aromatic N) is 4. The van der Waals surface area contributed by atoms with Crippen molar-refractivity contribution in [2.45, 2.75) is 52.9 Å². The van der Waals surface area contributed by atoms with E-state index in [1.54, 1.807) is 6.33 Å². The first-order chi connectivity index (χ1) is 13.5. The minimum absolute atomic E-state index is 0.0916. The fraction of sp³-hybridized carbons (Fsp3) is 0.550. The Morgan fingerprint density at radius 1 is 1.29 bits per heavy atom. The molecule has 0 saturated carbocycles. The van der Waals surface area contributed by atoms with Gasteiger partial charge >= 0.3 is 0 Å². The smallest absolute Gasteiger partial charge is 0.191 e. The molecule has 1 atom stereocenters. The third-order valence-electron chi connectivity index (χ3n) is 4.04. The quantitative estimate of drug-likeness (QED) is 0.425. The first kappa shape index (κ1) is 21.7. The summed E-state index contributed by atoms with van der Waals surface area (Å²) in [5, 5.41) is 25.0. The lowest BCUT2D eigenvalue weighted by molar-refractivity contribution is 0.185. The number of ether oxygens (including phenoxy) is 1. The molecule has 0 aliphatic heterocycles. The van der Waals surface area contributed by atoms with Gasteiger partial charge in [-0.05, 0) is 38.5 Å². The lowest BCUT2D eigenvalue weighted by Crippen LogP contribution is -2.39. The largest absolute Gasteiger partial charge is 0.491 e. The van der Waals surface area contributed by atoms with Crippen molar-refractivity contribution < 1.29 is 9.84 Å². The zero-order valence-corrected chi connectivity index (χ0v) is 17.2. The van der Waals surface area contributed by atoms with Crippen molar-refractivity contribution in [2.75, 3.05) is 19.6 Å². The molecule has 8 heteroatoms. The molecule has 0 fully saturated rings. The molecule has 1 unspecified atom stereocenters. The fourth-order valence-corrected chi connectivity index (χ4v) is 2.73. The number of nitrogens with one attached hydrogen (secondary N) is 2. The SMILES string of the molecule is CCNC(=NCC(O)c1cccc(OC(C)C)c1)NCCn1cnnc1CC. The van der Waals surface area contributed by atoms with Crippen LogP contribution in [0.15, 0.2) is 35.6 Å². The van der Waals surface area contributed by atoms with Gasteiger partial charge in [-0.25, -0.2) is 0 Å². The number of guanidine groups is 1. The van der Waals surface area contributed by atoms with Crippen LogP contribution >= 0.6 is 0 Å². The number of hydrogen-bond acceptors (Lipinski definition) is 5. The molecule has 0 amide bonds. The summed E-state index contributed by atoms with van der Waals surface area (Å²) >= 11 is 0. The molecule has 0 saturated heterocycles. The summed E-state index contributed by atoms with van der Waals surface area (Å²) < 4.78 is 7.71. The maximum atomic E-state index is 10.5. The minimum atomic E-state index is -0.698. The first-order valence-corrected chi connectivity index (χ1v) is 9.87. The highest BCUT2D eigenvalue weighted by molar-refractivity contribution is 5.79. The molecule has 2 rings (SSSR count). The summed E-state index contributed by atoms with van der Waals surface area (Å²) in [7, 11) is 0. The monoisotopic (exact) mass is 388 g/mol. The van der Waals surface area contributed by atoms with E-state index in [0.717, 1.165) is 36.6 Å². The number of aryl methyl sites for hydroxylation is 1. The Morgan fingerprint density at radius 3 is 2.82 bits per heavy atom. The third kappa shape index (κ3) is 6.84. The fourth-order valence-electron chi connectivity index (χ4n) is 2.73. The molecule has 0 aliphatic rings. The van der Waals surface area contributed by atoms with Crippen LogP contribution < -0.4 is 15.4 Å². The highest BCUT2D eigenvalue weighted by atomic mass is 16.5. The summed E-state index contributed by atoms with van der Waals surface area (Å²) in [6.45, 7) is 10.5. The lowest BCUT2D eigenvalue weighted by atomic mass is 10.1. The molecule has 0 spiro atoms. The minimum Gasteiger partial charge on any atom is -0.491 e. The molecule has 1 heterocycles. The summed E-state index contributed by atoms with van der Waals surface area (Å²) in [5.74, 6) is 2.38. The molecule has 2 aromatic rings. The topological polar surface area (TPSA) is 96.6 Å². The standard InChI is InChI=1S/C20H32N6O2/c1-5-19-25-24-14-26(19)11-10-22-20(21-6-2)23-13-18(27)16-8-7-9-17(12-16)28-15(3)4/h7-9,12,14-15,18,27H,5-6,10-11,13H2,1-4H3,(H2,21,22,23). The van der Waals surface area contributed by atoms with Crippen LogP contribution in [-0.2, 0) is 13.0 Å². The van der Waals surface area contributed by atoms with Crippen molar-refractivity contribution in [3.63, 3.8) is 0 Å². The molecule has 0 aliphatic carbocycles. The maximum Gasteiger partial charge on any atom is 0.191 e. The molecule has 28 heavy (non-hydrogen) atoms. The van der Waals surface area contributed by atoms with Crippen LogP contribution in [0.2, 0.25) is 0 Å². The number of rotatable bonds is 10. The maximum absolute atomic E-state index is 10.5. The van der Waals surface area contributed by atoms with Crippen molar-refractivity contribution in [1.29, 1.82) is 0 Å². The van der Waals surface area contributed by atoms with Gasteiger partial charge in [0.2, 0.25) is 0 Å². The van der Waals surface area contributed by atoms with Crippen LogP contribution in [0.1, 0.15) is 45.2 Å². The molecular formula is C20H32N6O2. The number of benzene rings is 1. The molecule has 0 radical (unpaired) electrons. The predicted octanol–water partition coefficient (Wildman–Crippen LogP) is 1.92. The Labute approximate surface area is 167 Å². The van der Waals surface area contributed by atoms with E-state index in [-0.39, 0.29) is 12.6 Å². The number of aliphatic imine (C=N–C) groups is 1. The molecule has 3 N–H and O–H groups in total.